The van der Waals surface area contributed by atoms with E-state index in [1.807, 2.05) is 30.3 Å². The van der Waals surface area contributed by atoms with Crippen molar-refractivity contribution in [1.82, 2.24) is 5.32 Å². The molecule has 1 saturated heterocycles. The fourth-order valence-electron chi connectivity index (χ4n) is 2.24. The van der Waals surface area contributed by atoms with Gasteiger partial charge in [0.2, 0.25) is 0 Å². The summed E-state index contributed by atoms with van der Waals surface area (Å²) >= 11 is 0. The molecule has 1 N–H and O–H groups in total. The maximum atomic E-state index is 11.9. The van der Waals surface area contributed by atoms with Gasteiger partial charge < -0.3 is 14.8 Å². The van der Waals surface area contributed by atoms with Crippen molar-refractivity contribution >= 4 is 11.9 Å². The molecule has 1 aliphatic rings. The topological polar surface area (TPSA) is 64.6 Å². The van der Waals surface area contributed by atoms with Gasteiger partial charge in [-0.25, -0.2) is 4.79 Å². The zero-order valence-corrected chi connectivity index (χ0v) is 12.4. The Bertz CT molecular complexity index is 488. The van der Waals surface area contributed by atoms with Crippen LogP contribution in [-0.4, -0.2) is 30.6 Å². The second-order valence-corrected chi connectivity index (χ2v) is 5.47. The number of benzene rings is 1. The van der Waals surface area contributed by atoms with Crippen LogP contribution in [0.15, 0.2) is 30.3 Å². The van der Waals surface area contributed by atoms with Crippen molar-refractivity contribution in [3.8, 4) is 0 Å². The van der Waals surface area contributed by atoms with E-state index in [9.17, 15) is 9.59 Å². The molecule has 0 bridgehead atoms. The summed E-state index contributed by atoms with van der Waals surface area (Å²) in [5.41, 5.74) is 0.899. The average molecular weight is 291 g/mol. The summed E-state index contributed by atoms with van der Waals surface area (Å²) in [6.45, 7) is 4.58. The van der Waals surface area contributed by atoms with E-state index in [-0.39, 0.29) is 18.6 Å². The van der Waals surface area contributed by atoms with Crippen LogP contribution < -0.4 is 5.32 Å². The molecule has 3 atom stereocenters. The van der Waals surface area contributed by atoms with Gasteiger partial charge in [-0.3, -0.25) is 4.79 Å². The summed E-state index contributed by atoms with van der Waals surface area (Å²) in [5.74, 6) is -0.468. The predicted molar refractivity (Wildman–Crippen MR) is 77.4 cm³/mol. The molecule has 3 unspecified atom stereocenters. The molecule has 5 heteroatoms. The molecule has 0 saturated carbocycles. The Morgan fingerprint density at radius 2 is 2.05 bits per heavy atom. The minimum absolute atomic E-state index is 0.181. The molecule has 2 rings (SSSR count). The Balaban J connectivity index is 1.76. The van der Waals surface area contributed by atoms with Crippen molar-refractivity contribution in [1.29, 1.82) is 0 Å². The highest BCUT2D eigenvalue weighted by Crippen LogP contribution is 2.14. The highest BCUT2D eigenvalue weighted by atomic mass is 16.6. The van der Waals surface area contributed by atoms with E-state index in [1.165, 1.54) is 6.92 Å². The number of esters is 2. The smallest absolute Gasteiger partial charge is 0.347 e. The van der Waals surface area contributed by atoms with Crippen molar-refractivity contribution in [3.05, 3.63) is 35.9 Å². The Labute approximate surface area is 124 Å². The van der Waals surface area contributed by atoms with Crippen molar-refractivity contribution in [2.24, 2.45) is 5.92 Å². The van der Waals surface area contributed by atoms with Gasteiger partial charge in [-0.2, -0.15) is 0 Å². The van der Waals surface area contributed by atoms with Crippen LogP contribution in [0, 0.1) is 5.92 Å². The molecular formula is C16H21NO4. The molecule has 0 aromatic heterocycles. The fourth-order valence-corrected chi connectivity index (χ4v) is 2.24. The maximum absolute atomic E-state index is 11.9. The van der Waals surface area contributed by atoms with E-state index < -0.39 is 12.1 Å². The second kappa shape index (κ2) is 7.22. The maximum Gasteiger partial charge on any atom is 0.347 e. The van der Waals surface area contributed by atoms with Gasteiger partial charge in [0, 0.05) is 0 Å². The van der Waals surface area contributed by atoms with Gasteiger partial charge in [0.1, 0.15) is 12.6 Å². The lowest BCUT2D eigenvalue weighted by Gasteiger charge is -2.15. The Morgan fingerprint density at radius 1 is 1.33 bits per heavy atom. The number of nitrogens with one attached hydrogen (secondary N) is 1. The van der Waals surface area contributed by atoms with Crippen LogP contribution in [0.3, 0.4) is 0 Å². The van der Waals surface area contributed by atoms with E-state index in [1.54, 1.807) is 0 Å². The summed E-state index contributed by atoms with van der Waals surface area (Å²) in [7, 11) is 0. The normalized spacial score (nSPS) is 22.6. The molecule has 1 aliphatic heterocycles. The standard InChI is InChI=1S/C16H21NO4/c1-11-8-14(17-9-11)16(19)21-12(2)15(18)20-10-13-6-4-3-5-7-13/h3-7,11-12,14,17H,8-10H2,1-2H3. The number of hydrogen-bond donors (Lipinski definition) is 1. The monoisotopic (exact) mass is 291 g/mol. The van der Waals surface area contributed by atoms with E-state index >= 15 is 0 Å². The molecule has 5 nitrogen and oxygen atoms in total. The molecule has 1 aromatic rings. The number of hydrogen-bond acceptors (Lipinski definition) is 5. The van der Waals surface area contributed by atoms with Crippen LogP contribution in [0.2, 0.25) is 0 Å². The van der Waals surface area contributed by atoms with Crippen molar-refractivity contribution in [3.63, 3.8) is 0 Å². The quantitative estimate of drug-likeness (QED) is 0.836. The highest BCUT2D eigenvalue weighted by molar-refractivity contribution is 5.81. The fraction of sp³-hybridized carbons (Fsp3) is 0.500. The van der Waals surface area contributed by atoms with Crippen LogP contribution in [0.25, 0.3) is 0 Å². The molecule has 0 amide bonds. The summed E-state index contributed by atoms with van der Waals surface area (Å²) in [6.07, 6.45) is -0.149. The van der Waals surface area contributed by atoms with Crippen LogP contribution in [0.5, 0.6) is 0 Å². The lowest BCUT2D eigenvalue weighted by Crippen LogP contribution is -2.36. The van der Waals surface area contributed by atoms with Gasteiger partial charge >= 0.3 is 11.9 Å². The number of rotatable bonds is 5. The third-order valence-electron chi connectivity index (χ3n) is 3.48. The molecule has 1 fully saturated rings. The Morgan fingerprint density at radius 3 is 2.67 bits per heavy atom. The molecule has 21 heavy (non-hydrogen) atoms. The van der Waals surface area contributed by atoms with Gasteiger partial charge in [0.25, 0.3) is 0 Å². The molecule has 1 heterocycles. The summed E-state index contributed by atoms with van der Waals surface area (Å²) in [6, 6.07) is 9.07. The Hall–Kier alpha value is -1.88. The zero-order chi connectivity index (χ0) is 15.2. The molecule has 114 valence electrons. The van der Waals surface area contributed by atoms with E-state index in [0.29, 0.717) is 5.92 Å². The minimum Gasteiger partial charge on any atom is -0.458 e. The zero-order valence-electron chi connectivity index (χ0n) is 12.4. The lowest BCUT2D eigenvalue weighted by atomic mass is 10.1. The van der Waals surface area contributed by atoms with Gasteiger partial charge in [0.15, 0.2) is 6.10 Å². The van der Waals surface area contributed by atoms with Gasteiger partial charge in [0.05, 0.1) is 0 Å². The highest BCUT2D eigenvalue weighted by Gasteiger charge is 2.30. The van der Waals surface area contributed by atoms with Gasteiger partial charge in [-0.1, -0.05) is 37.3 Å². The first-order valence-corrected chi connectivity index (χ1v) is 7.20. The SMILES string of the molecule is CC1CNC(C(=O)OC(C)C(=O)OCc2ccccc2)C1. The van der Waals surface area contributed by atoms with Crippen LogP contribution in [0.1, 0.15) is 25.8 Å². The summed E-state index contributed by atoms with van der Waals surface area (Å²) < 4.78 is 10.3. The largest absolute Gasteiger partial charge is 0.458 e. The van der Waals surface area contributed by atoms with Crippen LogP contribution in [-0.2, 0) is 25.7 Å². The van der Waals surface area contributed by atoms with Crippen LogP contribution >= 0.6 is 0 Å². The first kappa shape index (κ1) is 15.5. The first-order valence-electron chi connectivity index (χ1n) is 7.20. The molecule has 0 spiro atoms. The van der Waals surface area contributed by atoms with Crippen LogP contribution in [0.4, 0.5) is 0 Å². The van der Waals surface area contributed by atoms with E-state index in [2.05, 4.69) is 12.2 Å². The van der Waals surface area contributed by atoms with Crippen molar-refractivity contribution in [2.45, 2.75) is 39.0 Å². The average Bonchev–Trinajstić information content (AvgIpc) is 2.92. The van der Waals surface area contributed by atoms with Crippen molar-refractivity contribution in [2.75, 3.05) is 6.54 Å². The first-order chi connectivity index (χ1) is 10.1. The third-order valence-corrected chi connectivity index (χ3v) is 3.48. The lowest BCUT2D eigenvalue weighted by molar-refractivity contribution is -0.168. The Kier molecular flexibility index (Phi) is 5.33. The molecule has 0 aliphatic carbocycles. The van der Waals surface area contributed by atoms with E-state index in [4.69, 9.17) is 9.47 Å². The second-order valence-electron chi connectivity index (χ2n) is 5.47. The summed E-state index contributed by atoms with van der Waals surface area (Å²) in [5, 5.41) is 3.08. The molecule has 0 radical (unpaired) electrons. The van der Waals surface area contributed by atoms with Gasteiger partial charge in [-0.05, 0) is 31.4 Å². The number of carbonyl (C=O) groups is 2. The third kappa shape index (κ3) is 4.56. The number of ether oxygens (including phenoxy) is 2. The molecule has 1 aromatic carbocycles. The predicted octanol–water partition coefficient (Wildman–Crippen LogP) is 1.66. The van der Waals surface area contributed by atoms with Gasteiger partial charge in [-0.15, -0.1) is 0 Å². The van der Waals surface area contributed by atoms with Crippen molar-refractivity contribution < 1.29 is 19.1 Å². The molecular weight excluding hydrogens is 270 g/mol. The minimum atomic E-state index is -0.890. The van der Waals surface area contributed by atoms with E-state index in [0.717, 1.165) is 18.5 Å². The summed E-state index contributed by atoms with van der Waals surface area (Å²) in [4.78, 5) is 23.7. The number of carbonyl (C=O) groups excluding carboxylic acids is 2.